The van der Waals surface area contributed by atoms with Crippen molar-refractivity contribution in [3.8, 4) is 0 Å². The molecule has 0 saturated heterocycles. The third kappa shape index (κ3) is 42.0. The minimum Gasteiger partial charge on any atom is -0.462 e. The van der Waals surface area contributed by atoms with E-state index in [2.05, 4.69) is 44.3 Å². The van der Waals surface area contributed by atoms with Crippen LogP contribution in [0.2, 0.25) is 0 Å². The van der Waals surface area contributed by atoms with Gasteiger partial charge in [0, 0.05) is 6.42 Å². The number of esters is 1. The van der Waals surface area contributed by atoms with Crippen molar-refractivity contribution in [2.24, 2.45) is 0 Å². The van der Waals surface area contributed by atoms with E-state index in [9.17, 15) is 19.8 Å². The second-order valence-corrected chi connectivity index (χ2v) is 17.0. The summed E-state index contributed by atoms with van der Waals surface area (Å²) < 4.78 is 5.88. The first kappa shape index (κ1) is 57.3. The smallest absolute Gasteiger partial charge is 0.306 e. The fourth-order valence-electron chi connectivity index (χ4n) is 7.40. The maximum atomic E-state index is 13.1. The highest BCUT2D eigenvalue weighted by Crippen LogP contribution is 2.18. The highest BCUT2D eigenvalue weighted by atomic mass is 16.5. The van der Waals surface area contributed by atoms with Gasteiger partial charge in [0.1, 0.15) is 6.10 Å². The van der Waals surface area contributed by atoms with Crippen LogP contribution < -0.4 is 5.32 Å². The van der Waals surface area contributed by atoms with Gasteiger partial charge in [0.05, 0.1) is 25.2 Å². The summed E-state index contributed by atoms with van der Waals surface area (Å²) in [5.74, 6) is -0.528. The summed E-state index contributed by atoms with van der Waals surface area (Å²) in [7, 11) is 0. The van der Waals surface area contributed by atoms with Gasteiger partial charge in [-0.25, -0.2) is 0 Å². The Morgan fingerprint density at radius 2 is 0.900 bits per heavy atom. The van der Waals surface area contributed by atoms with Crippen molar-refractivity contribution in [2.45, 2.75) is 251 Å². The number of carbonyl (C=O) groups excluding carboxylic acids is 2. The first-order chi connectivity index (χ1) is 29.5. The summed E-state index contributed by atoms with van der Waals surface area (Å²) in [6.45, 7) is 6.31. The van der Waals surface area contributed by atoms with Crippen molar-refractivity contribution in [3.63, 3.8) is 0 Å². The van der Waals surface area contributed by atoms with E-state index in [1.54, 1.807) is 0 Å². The quantitative estimate of drug-likeness (QED) is 0.0323. The van der Waals surface area contributed by atoms with Gasteiger partial charge in [0.25, 0.3) is 0 Å². The van der Waals surface area contributed by atoms with Gasteiger partial charge in [-0.2, -0.15) is 0 Å². The van der Waals surface area contributed by atoms with Crippen LogP contribution in [0.1, 0.15) is 233 Å². The molecular weight excluding hydrogens is 743 g/mol. The fraction of sp³-hybridized carbons (Fsp3) is 0.741. The summed E-state index contributed by atoms with van der Waals surface area (Å²) in [6, 6.07) is -0.711. The molecule has 346 valence electrons. The van der Waals surface area contributed by atoms with Crippen LogP contribution in [-0.2, 0) is 14.3 Å². The molecule has 0 radical (unpaired) electrons. The van der Waals surface area contributed by atoms with Gasteiger partial charge >= 0.3 is 5.97 Å². The number of hydrogen-bond donors (Lipinski definition) is 3. The molecule has 0 saturated carbocycles. The molecule has 0 rings (SSSR count). The molecule has 0 aliphatic rings. The van der Waals surface area contributed by atoms with Crippen LogP contribution in [0.4, 0.5) is 0 Å². The minimum absolute atomic E-state index is 0.0575. The maximum absolute atomic E-state index is 13.1. The molecule has 3 atom stereocenters. The molecule has 6 heteroatoms. The molecule has 0 aliphatic heterocycles. The zero-order chi connectivity index (χ0) is 43.8. The Morgan fingerprint density at radius 1 is 0.500 bits per heavy atom. The Balaban J connectivity index is 4.50. The minimum atomic E-state index is -0.796. The summed E-state index contributed by atoms with van der Waals surface area (Å²) >= 11 is 0. The number of aliphatic hydroxyl groups is 2. The average Bonchev–Trinajstić information content (AvgIpc) is 3.24. The first-order valence-corrected chi connectivity index (χ1v) is 25.2. The van der Waals surface area contributed by atoms with E-state index in [4.69, 9.17) is 4.74 Å². The van der Waals surface area contributed by atoms with Crippen molar-refractivity contribution < 1.29 is 24.5 Å². The molecule has 60 heavy (non-hydrogen) atoms. The van der Waals surface area contributed by atoms with E-state index in [1.165, 1.54) is 116 Å². The van der Waals surface area contributed by atoms with Gasteiger partial charge in [0.15, 0.2) is 0 Å². The molecule has 0 aromatic heterocycles. The van der Waals surface area contributed by atoms with Gasteiger partial charge in [0.2, 0.25) is 5.91 Å². The lowest BCUT2D eigenvalue weighted by molar-refractivity contribution is -0.151. The number of rotatable bonds is 44. The van der Waals surface area contributed by atoms with Crippen LogP contribution in [0.15, 0.2) is 72.9 Å². The van der Waals surface area contributed by atoms with Crippen LogP contribution in [0.5, 0.6) is 0 Å². The molecule has 0 fully saturated rings. The molecule has 1 amide bonds. The van der Waals surface area contributed by atoms with Crippen molar-refractivity contribution in [1.29, 1.82) is 0 Å². The number of allylic oxidation sites excluding steroid dienone is 12. The number of amides is 1. The molecule has 0 aromatic rings. The van der Waals surface area contributed by atoms with E-state index in [1.807, 2.05) is 54.7 Å². The zero-order valence-electron chi connectivity index (χ0n) is 39.3. The Kier molecular flexibility index (Phi) is 45.2. The standard InChI is InChI=1S/C54H95NO5/c1-4-7-10-13-16-19-21-23-25-27-29-31-33-35-38-41-44-47-54(59)60-50(45-42-39-36-18-15-12-9-6-3)48-53(58)55-51(49-56)52(57)46-43-40-37-34-32-30-28-26-24-22-20-17-14-11-8-5-2/h7,10,13,16,19,21,23,25,27,29,31,33,50-52,56-57H,4-6,8-9,11-12,14-15,17-18,20,22,24,26,28,30,32,34-49H2,1-3H3,(H,55,58)/b10-7-,16-13+,21-19+,25-23-,29-27+,33-31+. The van der Waals surface area contributed by atoms with Gasteiger partial charge in [-0.05, 0) is 44.9 Å². The summed E-state index contributed by atoms with van der Waals surface area (Å²) in [5, 5.41) is 23.7. The SMILES string of the molecule is CC\C=C/C=C/C=C/C=C\C=C\C=C\CCCCCC(=O)OC(CCCCCCCCCC)CC(=O)NC(CO)C(O)CCCCCCCCCCCCCCCCCC. The number of hydrogen-bond acceptors (Lipinski definition) is 5. The number of ether oxygens (including phenoxy) is 1. The second kappa shape index (κ2) is 47.4. The highest BCUT2D eigenvalue weighted by molar-refractivity contribution is 5.77. The molecule has 3 N–H and O–H groups in total. The number of aliphatic hydroxyl groups excluding tert-OH is 2. The highest BCUT2D eigenvalue weighted by Gasteiger charge is 2.24. The molecule has 0 aromatic carbocycles. The van der Waals surface area contributed by atoms with E-state index < -0.39 is 18.2 Å². The Bertz CT molecular complexity index is 1120. The van der Waals surface area contributed by atoms with E-state index in [-0.39, 0.29) is 24.9 Å². The number of unbranched alkanes of at least 4 members (excludes halogenated alkanes) is 25. The largest absolute Gasteiger partial charge is 0.462 e. The van der Waals surface area contributed by atoms with Crippen molar-refractivity contribution >= 4 is 11.9 Å². The maximum Gasteiger partial charge on any atom is 0.306 e. The Labute approximate surface area is 371 Å². The van der Waals surface area contributed by atoms with Gasteiger partial charge in [-0.3, -0.25) is 9.59 Å². The zero-order valence-corrected chi connectivity index (χ0v) is 39.3. The fourth-order valence-corrected chi connectivity index (χ4v) is 7.40. The lowest BCUT2D eigenvalue weighted by atomic mass is 10.0. The third-order valence-corrected chi connectivity index (χ3v) is 11.2. The van der Waals surface area contributed by atoms with Gasteiger partial charge in [-0.15, -0.1) is 0 Å². The third-order valence-electron chi connectivity index (χ3n) is 11.2. The monoisotopic (exact) mass is 838 g/mol. The average molecular weight is 838 g/mol. The van der Waals surface area contributed by atoms with Crippen molar-refractivity contribution in [3.05, 3.63) is 72.9 Å². The molecule has 0 spiro atoms. The van der Waals surface area contributed by atoms with Gasteiger partial charge in [-0.1, -0.05) is 248 Å². The molecule has 3 unspecified atom stereocenters. The Hall–Kier alpha value is -2.70. The first-order valence-electron chi connectivity index (χ1n) is 25.2. The van der Waals surface area contributed by atoms with Crippen LogP contribution in [0.3, 0.4) is 0 Å². The summed E-state index contributed by atoms with van der Waals surface area (Å²) in [4.78, 5) is 26.0. The molecular formula is C54H95NO5. The lowest BCUT2D eigenvalue weighted by Gasteiger charge is -2.24. The van der Waals surface area contributed by atoms with E-state index in [0.717, 1.165) is 70.6 Å². The summed E-state index contributed by atoms with van der Waals surface area (Å²) in [6.07, 6.45) is 59.6. The van der Waals surface area contributed by atoms with Crippen LogP contribution in [0.25, 0.3) is 0 Å². The van der Waals surface area contributed by atoms with Crippen LogP contribution in [-0.4, -0.2) is 46.9 Å². The second-order valence-electron chi connectivity index (χ2n) is 17.0. The van der Waals surface area contributed by atoms with E-state index >= 15 is 0 Å². The van der Waals surface area contributed by atoms with Crippen LogP contribution >= 0.6 is 0 Å². The molecule has 0 bridgehead atoms. The lowest BCUT2D eigenvalue weighted by Crippen LogP contribution is -2.46. The number of nitrogens with one attached hydrogen (secondary N) is 1. The topological polar surface area (TPSA) is 95.9 Å². The number of carbonyl (C=O) groups is 2. The van der Waals surface area contributed by atoms with Crippen molar-refractivity contribution in [2.75, 3.05) is 6.61 Å². The summed E-state index contributed by atoms with van der Waals surface area (Å²) in [5.41, 5.74) is 0. The molecule has 0 aliphatic carbocycles. The molecule has 6 nitrogen and oxygen atoms in total. The van der Waals surface area contributed by atoms with Crippen molar-refractivity contribution in [1.82, 2.24) is 5.32 Å². The van der Waals surface area contributed by atoms with Gasteiger partial charge < -0.3 is 20.3 Å². The predicted molar refractivity (Wildman–Crippen MR) is 259 cm³/mol. The van der Waals surface area contributed by atoms with E-state index in [0.29, 0.717) is 19.3 Å². The molecule has 0 heterocycles. The normalized spacial score (nSPS) is 13.9. The van der Waals surface area contributed by atoms with Crippen LogP contribution in [0, 0.1) is 0 Å². The predicted octanol–water partition coefficient (Wildman–Crippen LogP) is 15.0. The Morgan fingerprint density at radius 3 is 1.35 bits per heavy atom.